The summed E-state index contributed by atoms with van der Waals surface area (Å²) in [4.78, 5) is 23.1. The van der Waals surface area contributed by atoms with Gasteiger partial charge in [-0.1, -0.05) is 12.1 Å². The van der Waals surface area contributed by atoms with Crippen molar-refractivity contribution >= 4 is 12.0 Å². The van der Waals surface area contributed by atoms with Gasteiger partial charge in [0.05, 0.1) is 5.56 Å². The summed E-state index contributed by atoms with van der Waals surface area (Å²) >= 11 is 0. The van der Waals surface area contributed by atoms with Gasteiger partial charge in [-0.2, -0.15) is 13.2 Å². The van der Waals surface area contributed by atoms with Crippen LogP contribution in [-0.4, -0.2) is 23.6 Å². The van der Waals surface area contributed by atoms with Crippen LogP contribution in [0.4, 0.5) is 18.0 Å². The minimum Gasteiger partial charge on any atom is -0.444 e. The van der Waals surface area contributed by atoms with E-state index in [0.29, 0.717) is 5.56 Å². The fraction of sp³-hybridized carbons (Fsp3) is 0.500. The summed E-state index contributed by atoms with van der Waals surface area (Å²) in [5.74, 6) is -0.743. The Morgan fingerprint density at radius 1 is 1.17 bits per heavy atom. The molecule has 5 nitrogen and oxygen atoms in total. The van der Waals surface area contributed by atoms with E-state index in [9.17, 15) is 22.8 Å². The number of hydrogen-bond acceptors (Lipinski definition) is 3. The molecule has 3 N–H and O–H groups in total. The van der Waals surface area contributed by atoms with Crippen molar-refractivity contribution in [2.75, 3.05) is 0 Å². The fourth-order valence-corrected chi connectivity index (χ4v) is 1.91. The molecule has 0 bridgehead atoms. The van der Waals surface area contributed by atoms with E-state index in [2.05, 4.69) is 5.32 Å². The van der Waals surface area contributed by atoms with Crippen LogP contribution >= 0.6 is 0 Å². The van der Waals surface area contributed by atoms with Gasteiger partial charge in [-0.15, -0.1) is 0 Å². The Balaban J connectivity index is 2.64. The lowest BCUT2D eigenvalue weighted by atomic mass is 10.0. The molecular formula is C16H21F3N2O3. The van der Waals surface area contributed by atoms with E-state index < -0.39 is 35.4 Å². The van der Waals surface area contributed by atoms with E-state index >= 15 is 0 Å². The molecule has 0 saturated heterocycles. The lowest BCUT2D eigenvalue weighted by molar-refractivity contribution is -0.137. The number of ether oxygens (including phenoxy) is 1. The molecule has 1 rings (SSSR count). The molecule has 0 aliphatic heterocycles. The van der Waals surface area contributed by atoms with Gasteiger partial charge >= 0.3 is 12.3 Å². The predicted molar refractivity (Wildman–Crippen MR) is 82.1 cm³/mol. The van der Waals surface area contributed by atoms with Gasteiger partial charge in [0.1, 0.15) is 11.6 Å². The zero-order chi connectivity index (χ0) is 18.5. The Morgan fingerprint density at radius 3 is 2.12 bits per heavy atom. The summed E-state index contributed by atoms with van der Waals surface area (Å²) in [7, 11) is 0. The summed E-state index contributed by atoms with van der Waals surface area (Å²) in [6, 6.07) is 3.62. The maximum absolute atomic E-state index is 12.5. The predicted octanol–water partition coefficient (Wildman–Crippen LogP) is 3.02. The van der Waals surface area contributed by atoms with Crippen molar-refractivity contribution in [1.29, 1.82) is 0 Å². The number of hydrogen-bond donors (Lipinski definition) is 2. The van der Waals surface area contributed by atoms with E-state index in [1.807, 2.05) is 0 Å². The molecule has 8 heteroatoms. The highest BCUT2D eigenvalue weighted by Gasteiger charge is 2.30. The van der Waals surface area contributed by atoms with Crippen molar-refractivity contribution in [2.45, 2.75) is 51.4 Å². The first-order chi connectivity index (χ1) is 10.9. The number of rotatable bonds is 5. The topological polar surface area (TPSA) is 81.4 Å². The van der Waals surface area contributed by atoms with E-state index in [-0.39, 0.29) is 12.8 Å². The number of benzene rings is 1. The number of halogens is 3. The van der Waals surface area contributed by atoms with Crippen molar-refractivity contribution in [1.82, 2.24) is 5.32 Å². The number of nitrogens with two attached hydrogens (primary N) is 1. The number of aryl methyl sites for hydroxylation is 1. The Labute approximate surface area is 138 Å². The SMILES string of the molecule is CC(C)(C)OC(=O)N[C@H](CCc1ccc(C(F)(F)F)cc1)C(N)=O. The molecule has 1 aromatic rings. The molecule has 2 amide bonds. The quantitative estimate of drug-likeness (QED) is 0.860. The molecule has 24 heavy (non-hydrogen) atoms. The first-order valence-electron chi connectivity index (χ1n) is 7.33. The van der Waals surface area contributed by atoms with E-state index in [0.717, 1.165) is 12.1 Å². The van der Waals surface area contributed by atoms with Gasteiger partial charge in [-0.05, 0) is 51.3 Å². The summed E-state index contributed by atoms with van der Waals surface area (Å²) < 4.78 is 42.5. The van der Waals surface area contributed by atoms with Crippen molar-refractivity contribution in [3.63, 3.8) is 0 Å². The van der Waals surface area contributed by atoms with Crippen molar-refractivity contribution in [3.05, 3.63) is 35.4 Å². The standard InChI is InChI=1S/C16H21F3N2O3/c1-15(2,3)24-14(23)21-12(13(20)22)9-6-10-4-7-11(8-5-10)16(17,18)19/h4-5,7-8,12H,6,9H2,1-3H3,(H2,20,22)(H,21,23)/t12-/m1/s1. The highest BCUT2D eigenvalue weighted by atomic mass is 19.4. The smallest absolute Gasteiger partial charge is 0.416 e. The van der Waals surface area contributed by atoms with Crippen molar-refractivity contribution < 1.29 is 27.5 Å². The van der Waals surface area contributed by atoms with Crippen LogP contribution in [0, 0.1) is 0 Å². The highest BCUT2D eigenvalue weighted by molar-refractivity contribution is 5.84. The molecule has 0 radical (unpaired) electrons. The third kappa shape index (κ3) is 6.89. The van der Waals surface area contributed by atoms with Gasteiger partial charge < -0.3 is 15.8 Å². The minimum absolute atomic E-state index is 0.153. The van der Waals surface area contributed by atoms with E-state index in [4.69, 9.17) is 10.5 Å². The lowest BCUT2D eigenvalue weighted by Gasteiger charge is -2.22. The van der Waals surface area contributed by atoms with Crippen LogP contribution in [0.5, 0.6) is 0 Å². The number of carbonyl (C=O) groups is 2. The Bertz CT molecular complexity index is 578. The second-order valence-electron chi connectivity index (χ2n) is 6.33. The molecule has 0 unspecified atom stereocenters. The molecule has 0 saturated carbocycles. The molecule has 0 heterocycles. The van der Waals surface area contributed by atoms with Gasteiger partial charge in [0.25, 0.3) is 0 Å². The first kappa shape index (κ1) is 19.8. The van der Waals surface area contributed by atoms with Gasteiger partial charge in [0.2, 0.25) is 5.91 Å². The maximum Gasteiger partial charge on any atom is 0.416 e. The summed E-state index contributed by atoms with van der Waals surface area (Å²) in [5.41, 5.74) is 4.37. The molecule has 0 aromatic heterocycles. The van der Waals surface area contributed by atoms with E-state index in [1.165, 1.54) is 12.1 Å². The molecule has 0 fully saturated rings. The van der Waals surface area contributed by atoms with Crippen LogP contribution in [-0.2, 0) is 22.1 Å². The molecular weight excluding hydrogens is 325 g/mol. The minimum atomic E-state index is -4.40. The number of nitrogens with one attached hydrogen (secondary N) is 1. The van der Waals surface area contributed by atoms with Crippen LogP contribution in [0.2, 0.25) is 0 Å². The molecule has 1 atom stereocenters. The first-order valence-corrected chi connectivity index (χ1v) is 7.33. The number of alkyl halides is 3. The number of primary amides is 1. The monoisotopic (exact) mass is 346 g/mol. The molecule has 0 spiro atoms. The van der Waals surface area contributed by atoms with Crippen molar-refractivity contribution in [3.8, 4) is 0 Å². The third-order valence-electron chi connectivity index (χ3n) is 3.04. The second-order valence-corrected chi connectivity index (χ2v) is 6.33. The largest absolute Gasteiger partial charge is 0.444 e. The Morgan fingerprint density at radius 2 is 1.71 bits per heavy atom. The van der Waals surface area contributed by atoms with Gasteiger partial charge in [0, 0.05) is 0 Å². The fourth-order valence-electron chi connectivity index (χ4n) is 1.91. The number of amides is 2. The average Bonchev–Trinajstić information content (AvgIpc) is 2.40. The average molecular weight is 346 g/mol. The van der Waals surface area contributed by atoms with Crippen LogP contribution in [0.1, 0.15) is 38.3 Å². The molecule has 134 valence electrons. The molecule has 1 aromatic carbocycles. The van der Waals surface area contributed by atoms with Gasteiger partial charge in [-0.3, -0.25) is 4.79 Å². The Hall–Kier alpha value is -2.25. The van der Waals surface area contributed by atoms with Crippen molar-refractivity contribution in [2.24, 2.45) is 5.73 Å². The summed E-state index contributed by atoms with van der Waals surface area (Å²) in [5, 5.41) is 2.36. The zero-order valence-electron chi connectivity index (χ0n) is 13.7. The third-order valence-corrected chi connectivity index (χ3v) is 3.04. The molecule has 0 aliphatic carbocycles. The zero-order valence-corrected chi connectivity index (χ0v) is 13.7. The van der Waals surface area contributed by atoms with Crippen LogP contribution < -0.4 is 11.1 Å². The van der Waals surface area contributed by atoms with Crippen LogP contribution in [0.3, 0.4) is 0 Å². The van der Waals surface area contributed by atoms with Crippen LogP contribution in [0.15, 0.2) is 24.3 Å². The normalized spacial score (nSPS) is 13.2. The van der Waals surface area contributed by atoms with Crippen LogP contribution in [0.25, 0.3) is 0 Å². The molecule has 0 aliphatic rings. The second kappa shape index (κ2) is 7.55. The lowest BCUT2D eigenvalue weighted by Crippen LogP contribution is -2.46. The van der Waals surface area contributed by atoms with E-state index in [1.54, 1.807) is 20.8 Å². The van der Waals surface area contributed by atoms with Gasteiger partial charge in [0.15, 0.2) is 0 Å². The summed E-state index contributed by atoms with van der Waals surface area (Å²) in [6.07, 6.45) is -4.74. The summed E-state index contributed by atoms with van der Waals surface area (Å²) in [6.45, 7) is 5.02. The maximum atomic E-state index is 12.5. The number of carbonyl (C=O) groups excluding carboxylic acids is 2. The number of alkyl carbamates (subject to hydrolysis) is 1. The van der Waals surface area contributed by atoms with Gasteiger partial charge in [-0.25, -0.2) is 4.79 Å². The highest BCUT2D eigenvalue weighted by Crippen LogP contribution is 2.29. The Kier molecular flexibility index (Phi) is 6.22.